The van der Waals surface area contributed by atoms with Crippen molar-refractivity contribution >= 4 is 29.2 Å². The van der Waals surface area contributed by atoms with E-state index in [9.17, 15) is 27.2 Å². The Morgan fingerprint density at radius 2 is 2.00 bits per heavy atom. The monoisotopic (exact) mass is 482 g/mol. The van der Waals surface area contributed by atoms with E-state index in [-0.39, 0.29) is 46.7 Å². The number of ether oxygens (including phenoxy) is 1. The average Bonchev–Trinajstić information content (AvgIpc) is 3.35. The molecule has 2 amide bonds. The molecule has 12 heteroatoms. The molecule has 2 aromatic carbocycles. The lowest BCUT2D eigenvalue weighted by atomic mass is 10.1. The van der Waals surface area contributed by atoms with Gasteiger partial charge in [0.2, 0.25) is 11.8 Å². The van der Waals surface area contributed by atoms with Crippen LogP contribution < -0.4 is 15.4 Å². The third-order valence-electron chi connectivity index (χ3n) is 4.82. The van der Waals surface area contributed by atoms with Gasteiger partial charge in [0.15, 0.2) is 5.82 Å². The Labute approximate surface area is 189 Å². The van der Waals surface area contributed by atoms with Crippen molar-refractivity contribution in [3.05, 3.63) is 59.4 Å². The normalized spacial score (nSPS) is 15.9. The molecule has 7 nitrogen and oxygen atoms in total. The minimum absolute atomic E-state index is 0.0264. The molecule has 0 saturated carbocycles. The van der Waals surface area contributed by atoms with Gasteiger partial charge in [-0.3, -0.25) is 9.59 Å². The predicted molar refractivity (Wildman–Crippen MR) is 110 cm³/mol. The summed E-state index contributed by atoms with van der Waals surface area (Å²) < 4.78 is 57.3. The molecule has 172 valence electrons. The van der Waals surface area contributed by atoms with Crippen LogP contribution in [0.2, 0.25) is 5.02 Å². The number of carbonyl (C=O) groups excluding carboxylic acids is 2. The number of anilines is 1. The number of amides is 2. The number of hydrogen-bond donors (Lipinski definition) is 2. The van der Waals surface area contributed by atoms with Crippen molar-refractivity contribution in [2.45, 2.75) is 12.8 Å². The van der Waals surface area contributed by atoms with Crippen LogP contribution in [0, 0.1) is 11.7 Å². The Morgan fingerprint density at radius 3 is 2.67 bits per heavy atom. The first-order chi connectivity index (χ1) is 15.6. The van der Waals surface area contributed by atoms with Crippen molar-refractivity contribution in [1.29, 1.82) is 0 Å². The summed E-state index contributed by atoms with van der Waals surface area (Å²) in [5.41, 5.74) is 0.727. The third-order valence-corrected chi connectivity index (χ3v) is 5.13. The van der Waals surface area contributed by atoms with E-state index < -0.39 is 29.8 Å². The van der Waals surface area contributed by atoms with Crippen molar-refractivity contribution in [2.75, 3.05) is 11.9 Å². The van der Waals surface area contributed by atoms with Gasteiger partial charge in [0.25, 0.3) is 0 Å². The number of nitrogens with zero attached hydrogens (tertiary/aromatic N) is 2. The van der Waals surface area contributed by atoms with Gasteiger partial charge in [-0.1, -0.05) is 23.7 Å². The van der Waals surface area contributed by atoms with Crippen LogP contribution in [0.25, 0.3) is 16.9 Å². The van der Waals surface area contributed by atoms with Crippen LogP contribution in [0.5, 0.6) is 5.75 Å². The second-order valence-electron chi connectivity index (χ2n) is 7.20. The maximum atomic E-state index is 14.1. The average molecular weight is 483 g/mol. The number of nitrogens with one attached hydrogen (secondary N) is 2. The van der Waals surface area contributed by atoms with E-state index in [0.717, 1.165) is 18.2 Å². The molecule has 33 heavy (non-hydrogen) atoms. The second-order valence-corrected chi connectivity index (χ2v) is 7.60. The van der Waals surface area contributed by atoms with Crippen LogP contribution in [0.3, 0.4) is 0 Å². The lowest BCUT2D eigenvalue weighted by Gasteiger charge is -2.11. The fourth-order valence-corrected chi connectivity index (χ4v) is 3.45. The maximum absolute atomic E-state index is 14.1. The van der Waals surface area contributed by atoms with Gasteiger partial charge in [-0.05, 0) is 24.3 Å². The Hall–Kier alpha value is -3.60. The molecule has 1 atom stereocenters. The SMILES string of the molecule is O=C1C[C@@H](C(=O)Nc2cc(-c3cccc(OC(F)(F)F)c3)n(-c3ccc(Cl)c(F)c3)n2)CN1. The molecule has 1 aromatic heterocycles. The Balaban J connectivity index is 1.73. The predicted octanol–water partition coefficient (Wildman–Crippen LogP) is 4.31. The Bertz CT molecular complexity index is 1230. The first-order valence-electron chi connectivity index (χ1n) is 9.58. The van der Waals surface area contributed by atoms with Crippen molar-refractivity contribution in [3.8, 4) is 22.7 Å². The van der Waals surface area contributed by atoms with E-state index in [4.69, 9.17) is 11.6 Å². The van der Waals surface area contributed by atoms with Gasteiger partial charge in [-0.2, -0.15) is 0 Å². The molecule has 0 spiro atoms. The van der Waals surface area contributed by atoms with E-state index >= 15 is 0 Å². The Kier molecular flexibility index (Phi) is 5.98. The number of carbonyl (C=O) groups is 2. The number of alkyl halides is 3. The van der Waals surface area contributed by atoms with Gasteiger partial charge in [-0.25, -0.2) is 9.07 Å². The maximum Gasteiger partial charge on any atom is 0.573 e. The summed E-state index contributed by atoms with van der Waals surface area (Å²) >= 11 is 5.75. The van der Waals surface area contributed by atoms with Crippen molar-refractivity contribution < 1.29 is 31.9 Å². The highest BCUT2D eigenvalue weighted by atomic mass is 35.5. The first kappa shape index (κ1) is 22.6. The summed E-state index contributed by atoms with van der Waals surface area (Å²) in [6.07, 6.45) is -4.86. The summed E-state index contributed by atoms with van der Waals surface area (Å²) in [6.45, 7) is 0.178. The van der Waals surface area contributed by atoms with E-state index in [0.29, 0.717) is 0 Å². The van der Waals surface area contributed by atoms with Crippen molar-refractivity contribution in [1.82, 2.24) is 15.1 Å². The van der Waals surface area contributed by atoms with Gasteiger partial charge in [0, 0.05) is 30.7 Å². The standard InChI is InChI=1S/C21H15ClF4N4O3/c22-15-5-4-13(8-16(15)23)30-17(11-2-1-3-14(6-11)33-21(24,25)26)9-18(29-30)28-20(32)12-7-19(31)27-10-12/h1-6,8-9,12H,7,10H2,(H,27,31)(H,28,29,32)/t12-/m1/s1. The molecule has 2 N–H and O–H groups in total. The fourth-order valence-electron chi connectivity index (χ4n) is 3.33. The highest BCUT2D eigenvalue weighted by Gasteiger charge is 2.31. The smallest absolute Gasteiger partial charge is 0.406 e. The highest BCUT2D eigenvalue weighted by molar-refractivity contribution is 6.30. The minimum atomic E-state index is -4.88. The molecule has 1 saturated heterocycles. The van der Waals surface area contributed by atoms with Crippen LogP contribution in [0.4, 0.5) is 23.4 Å². The van der Waals surface area contributed by atoms with E-state index in [1.54, 1.807) is 0 Å². The molecule has 4 rings (SSSR count). The summed E-state index contributed by atoms with van der Waals surface area (Å²) in [7, 11) is 0. The third kappa shape index (κ3) is 5.25. The van der Waals surface area contributed by atoms with Gasteiger partial charge in [-0.15, -0.1) is 18.3 Å². The molecule has 0 unspecified atom stereocenters. The zero-order valence-corrected chi connectivity index (χ0v) is 17.4. The quantitative estimate of drug-likeness (QED) is 0.531. The molecule has 0 radical (unpaired) electrons. The number of rotatable bonds is 5. The number of hydrogen-bond acceptors (Lipinski definition) is 4. The van der Waals surface area contributed by atoms with E-state index in [1.807, 2.05) is 0 Å². The van der Waals surface area contributed by atoms with Crippen molar-refractivity contribution in [2.24, 2.45) is 5.92 Å². The second kappa shape index (κ2) is 8.74. The number of halogens is 5. The lowest BCUT2D eigenvalue weighted by Crippen LogP contribution is -2.24. The van der Waals surface area contributed by atoms with E-state index in [2.05, 4.69) is 20.5 Å². The van der Waals surface area contributed by atoms with Gasteiger partial charge < -0.3 is 15.4 Å². The summed E-state index contributed by atoms with van der Waals surface area (Å²) in [6, 6.07) is 10.4. The summed E-state index contributed by atoms with van der Waals surface area (Å²) in [4.78, 5) is 23.9. The van der Waals surface area contributed by atoms with Crippen LogP contribution in [0.15, 0.2) is 48.5 Å². The zero-order valence-electron chi connectivity index (χ0n) is 16.6. The molecule has 3 aromatic rings. The fraction of sp³-hybridized carbons (Fsp3) is 0.190. The van der Waals surface area contributed by atoms with Crippen LogP contribution in [-0.2, 0) is 9.59 Å². The largest absolute Gasteiger partial charge is 0.573 e. The molecule has 2 heterocycles. The van der Waals surface area contributed by atoms with Crippen LogP contribution >= 0.6 is 11.6 Å². The van der Waals surface area contributed by atoms with Crippen LogP contribution in [-0.4, -0.2) is 34.5 Å². The zero-order chi connectivity index (χ0) is 23.8. The number of benzene rings is 2. The van der Waals surface area contributed by atoms with E-state index in [1.165, 1.54) is 35.0 Å². The number of aromatic nitrogens is 2. The van der Waals surface area contributed by atoms with Gasteiger partial charge >= 0.3 is 6.36 Å². The molecule has 0 bridgehead atoms. The topological polar surface area (TPSA) is 85.2 Å². The molecule has 1 fully saturated rings. The molecule has 0 aliphatic carbocycles. The van der Waals surface area contributed by atoms with Crippen molar-refractivity contribution in [3.63, 3.8) is 0 Å². The van der Waals surface area contributed by atoms with Gasteiger partial charge in [0.1, 0.15) is 11.6 Å². The molecule has 1 aliphatic heterocycles. The first-order valence-corrected chi connectivity index (χ1v) is 9.96. The van der Waals surface area contributed by atoms with Gasteiger partial charge in [0.05, 0.1) is 22.3 Å². The molecular weight excluding hydrogens is 468 g/mol. The lowest BCUT2D eigenvalue weighted by molar-refractivity contribution is -0.274. The summed E-state index contributed by atoms with van der Waals surface area (Å²) in [5, 5.41) is 9.29. The highest BCUT2D eigenvalue weighted by Crippen LogP contribution is 2.32. The summed E-state index contributed by atoms with van der Waals surface area (Å²) in [5.74, 6) is -2.43. The van der Waals surface area contributed by atoms with Crippen LogP contribution in [0.1, 0.15) is 6.42 Å². The molecular formula is C21H15ClF4N4O3. The minimum Gasteiger partial charge on any atom is -0.406 e. The Morgan fingerprint density at radius 1 is 1.21 bits per heavy atom. The molecule has 1 aliphatic rings.